The van der Waals surface area contributed by atoms with E-state index in [2.05, 4.69) is 4.90 Å². The Labute approximate surface area is 83.1 Å². The van der Waals surface area contributed by atoms with Crippen molar-refractivity contribution in [1.29, 1.82) is 0 Å². The molecule has 0 aromatic carbocycles. The van der Waals surface area contributed by atoms with Crippen LogP contribution in [0.2, 0.25) is 0 Å². The van der Waals surface area contributed by atoms with Crippen molar-refractivity contribution >= 4 is 6.09 Å². The number of carbonyl (C=O) groups excluding carboxylic acids is 1. The van der Waals surface area contributed by atoms with Gasteiger partial charge in [-0.15, -0.1) is 0 Å². The maximum Gasteiger partial charge on any atom is 0.404 e. The third kappa shape index (κ3) is 2.16. The average Bonchev–Trinajstić information content (AvgIpc) is 2.12. The van der Waals surface area contributed by atoms with E-state index < -0.39 is 6.09 Å². The Morgan fingerprint density at radius 2 is 2.00 bits per heavy atom. The van der Waals surface area contributed by atoms with Crippen LogP contribution in [0.15, 0.2) is 0 Å². The number of primary amides is 1. The second kappa shape index (κ2) is 4.14. The lowest BCUT2D eigenvalue weighted by molar-refractivity contribution is -0.0594. The Hall–Kier alpha value is -0.810. The van der Waals surface area contributed by atoms with Crippen molar-refractivity contribution in [3.05, 3.63) is 0 Å². The smallest absolute Gasteiger partial charge is 0.404 e. The molecule has 2 aliphatic heterocycles. The average molecular weight is 200 g/mol. The van der Waals surface area contributed by atoms with Gasteiger partial charge in [-0.05, 0) is 12.8 Å². The van der Waals surface area contributed by atoms with Crippen molar-refractivity contribution in [2.75, 3.05) is 26.3 Å². The first-order valence-electron chi connectivity index (χ1n) is 5.03. The lowest BCUT2D eigenvalue weighted by Crippen LogP contribution is -2.58. The molecule has 5 heteroatoms. The molecule has 2 aliphatic rings. The molecule has 2 fully saturated rings. The summed E-state index contributed by atoms with van der Waals surface area (Å²) >= 11 is 0. The molecule has 0 aromatic rings. The zero-order valence-electron chi connectivity index (χ0n) is 8.15. The van der Waals surface area contributed by atoms with Gasteiger partial charge in [0.2, 0.25) is 0 Å². The van der Waals surface area contributed by atoms with E-state index in [1.54, 1.807) is 0 Å². The molecular formula is C9H16N2O3. The molecule has 0 aliphatic carbocycles. The summed E-state index contributed by atoms with van der Waals surface area (Å²) in [7, 11) is 0. The molecule has 0 aromatic heterocycles. The SMILES string of the molecule is NC(=O)OC1CN(C2CCOCC2)C1. The van der Waals surface area contributed by atoms with Crippen LogP contribution in [0.4, 0.5) is 4.79 Å². The summed E-state index contributed by atoms with van der Waals surface area (Å²) in [5.41, 5.74) is 4.93. The predicted octanol–water partition coefficient (Wildman–Crippen LogP) is -0.0551. The minimum absolute atomic E-state index is 0.00958. The Morgan fingerprint density at radius 3 is 2.57 bits per heavy atom. The zero-order chi connectivity index (χ0) is 9.97. The standard InChI is InChI=1S/C9H16N2O3/c10-9(12)14-8-5-11(6-8)7-1-3-13-4-2-7/h7-8H,1-6H2,(H2,10,12). The summed E-state index contributed by atoms with van der Waals surface area (Å²) in [4.78, 5) is 12.8. The highest BCUT2D eigenvalue weighted by Gasteiger charge is 2.34. The monoisotopic (exact) mass is 200 g/mol. The molecular weight excluding hydrogens is 184 g/mol. The molecule has 0 saturated carbocycles. The van der Waals surface area contributed by atoms with Crippen molar-refractivity contribution in [3.8, 4) is 0 Å². The largest absolute Gasteiger partial charge is 0.444 e. The van der Waals surface area contributed by atoms with E-state index in [9.17, 15) is 4.79 Å². The van der Waals surface area contributed by atoms with Crippen LogP contribution in [-0.4, -0.2) is 49.4 Å². The van der Waals surface area contributed by atoms with Gasteiger partial charge < -0.3 is 15.2 Å². The Kier molecular flexibility index (Phi) is 2.88. The van der Waals surface area contributed by atoms with E-state index in [0.29, 0.717) is 6.04 Å². The predicted molar refractivity (Wildman–Crippen MR) is 49.9 cm³/mol. The van der Waals surface area contributed by atoms with Crippen LogP contribution in [0, 0.1) is 0 Å². The fraction of sp³-hybridized carbons (Fsp3) is 0.889. The van der Waals surface area contributed by atoms with Crippen molar-refractivity contribution in [2.24, 2.45) is 5.73 Å². The molecule has 2 N–H and O–H groups in total. The van der Waals surface area contributed by atoms with Gasteiger partial charge >= 0.3 is 6.09 Å². The van der Waals surface area contributed by atoms with Gasteiger partial charge in [-0.1, -0.05) is 0 Å². The first-order chi connectivity index (χ1) is 6.75. The zero-order valence-corrected chi connectivity index (χ0v) is 8.15. The number of carbonyl (C=O) groups is 1. The maximum atomic E-state index is 10.4. The Balaban J connectivity index is 1.68. The Bertz CT molecular complexity index is 210. The normalized spacial score (nSPS) is 25.7. The summed E-state index contributed by atoms with van der Waals surface area (Å²) in [5, 5.41) is 0. The van der Waals surface area contributed by atoms with Gasteiger partial charge in [0, 0.05) is 32.3 Å². The first-order valence-corrected chi connectivity index (χ1v) is 5.03. The second-order valence-electron chi connectivity index (χ2n) is 3.86. The van der Waals surface area contributed by atoms with Crippen LogP contribution in [0.3, 0.4) is 0 Å². The van der Waals surface area contributed by atoms with Crippen LogP contribution < -0.4 is 5.73 Å². The first kappa shape index (κ1) is 9.73. The van der Waals surface area contributed by atoms with E-state index in [4.69, 9.17) is 15.2 Å². The number of hydrogen-bond donors (Lipinski definition) is 1. The van der Waals surface area contributed by atoms with Crippen LogP contribution in [-0.2, 0) is 9.47 Å². The maximum absolute atomic E-state index is 10.4. The van der Waals surface area contributed by atoms with Crippen molar-refractivity contribution in [2.45, 2.75) is 25.0 Å². The number of rotatable bonds is 2. The van der Waals surface area contributed by atoms with E-state index in [-0.39, 0.29) is 6.10 Å². The summed E-state index contributed by atoms with van der Waals surface area (Å²) in [5.74, 6) is 0. The van der Waals surface area contributed by atoms with Gasteiger partial charge in [0.25, 0.3) is 0 Å². The number of nitrogens with zero attached hydrogens (tertiary/aromatic N) is 1. The third-order valence-corrected chi connectivity index (χ3v) is 2.87. The van der Waals surface area contributed by atoms with Gasteiger partial charge in [-0.3, -0.25) is 4.90 Å². The summed E-state index contributed by atoms with van der Waals surface area (Å²) < 4.78 is 10.2. The third-order valence-electron chi connectivity index (χ3n) is 2.87. The highest BCUT2D eigenvalue weighted by Crippen LogP contribution is 2.21. The van der Waals surface area contributed by atoms with Crippen LogP contribution >= 0.6 is 0 Å². The molecule has 0 spiro atoms. The number of ether oxygens (including phenoxy) is 2. The van der Waals surface area contributed by atoms with Crippen molar-refractivity contribution < 1.29 is 14.3 Å². The van der Waals surface area contributed by atoms with Crippen LogP contribution in [0.5, 0.6) is 0 Å². The van der Waals surface area contributed by atoms with E-state index in [1.807, 2.05) is 0 Å². The van der Waals surface area contributed by atoms with E-state index in [0.717, 1.165) is 39.1 Å². The Morgan fingerprint density at radius 1 is 1.36 bits per heavy atom. The van der Waals surface area contributed by atoms with E-state index in [1.165, 1.54) is 0 Å². The fourth-order valence-electron chi connectivity index (χ4n) is 2.06. The lowest BCUT2D eigenvalue weighted by Gasteiger charge is -2.44. The topological polar surface area (TPSA) is 64.8 Å². The molecule has 0 radical (unpaired) electrons. The highest BCUT2D eigenvalue weighted by atomic mass is 16.6. The quantitative estimate of drug-likeness (QED) is 0.678. The minimum atomic E-state index is -0.665. The molecule has 2 heterocycles. The van der Waals surface area contributed by atoms with Gasteiger partial charge in [-0.25, -0.2) is 4.79 Å². The van der Waals surface area contributed by atoms with Crippen molar-refractivity contribution in [1.82, 2.24) is 4.90 Å². The molecule has 5 nitrogen and oxygen atoms in total. The van der Waals surface area contributed by atoms with Crippen LogP contribution in [0.1, 0.15) is 12.8 Å². The molecule has 2 rings (SSSR count). The molecule has 14 heavy (non-hydrogen) atoms. The molecule has 0 unspecified atom stereocenters. The number of hydrogen-bond acceptors (Lipinski definition) is 4. The number of likely N-dealkylation sites (tertiary alicyclic amines) is 1. The van der Waals surface area contributed by atoms with Gasteiger partial charge in [0.05, 0.1) is 0 Å². The molecule has 80 valence electrons. The summed E-state index contributed by atoms with van der Waals surface area (Å²) in [6.07, 6.45) is 1.52. The van der Waals surface area contributed by atoms with Gasteiger partial charge in [-0.2, -0.15) is 0 Å². The lowest BCUT2D eigenvalue weighted by atomic mass is 10.0. The summed E-state index contributed by atoms with van der Waals surface area (Å²) in [6.45, 7) is 3.35. The molecule has 1 amide bonds. The van der Waals surface area contributed by atoms with Crippen LogP contribution in [0.25, 0.3) is 0 Å². The number of amides is 1. The van der Waals surface area contributed by atoms with Gasteiger partial charge in [0.1, 0.15) is 6.10 Å². The molecule has 0 bridgehead atoms. The van der Waals surface area contributed by atoms with Crippen molar-refractivity contribution in [3.63, 3.8) is 0 Å². The second-order valence-corrected chi connectivity index (χ2v) is 3.86. The van der Waals surface area contributed by atoms with E-state index >= 15 is 0 Å². The minimum Gasteiger partial charge on any atom is -0.444 e. The van der Waals surface area contributed by atoms with Gasteiger partial charge in [0.15, 0.2) is 0 Å². The number of nitrogens with two attached hydrogens (primary N) is 1. The molecule has 0 atom stereocenters. The highest BCUT2D eigenvalue weighted by molar-refractivity contribution is 5.64. The fourth-order valence-corrected chi connectivity index (χ4v) is 2.06. The summed E-state index contributed by atoms with van der Waals surface area (Å²) in [6, 6.07) is 0.608. The molecule has 2 saturated heterocycles.